The van der Waals surface area contributed by atoms with Gasteiger partial charge in [-0.1, -0.05) is 74.5 Å². The standard InChI is InChI=1S/C37H39N3O5/c1-4-40-35(37(41)42)34(28-17-27-20-38-16-15-31(27)39-21-28)36(45-40)30-18-29(24(2)3)32(43-22-25-11-7-5-8-12-25)19-33(30)44-23-26-13-9-6-10-14-26/h5-14,17-19,21,24,35,38H,4,15-16,20,22-23H2,1-3H3,(H,41,42). The Balaban J connectivity index is 1.51. The molecule has 4 aromatic rings. The highest BCUT2D eigenvalue weighted by Crippen LogP contribution is 2.45. The van der Waals surface area contributed by atoms with E-state index in [4.69, 9.17) is 19.3 Å². The molecule has 2 aliphatic rings. The Kier molecular flexibility index (Phi) is 9.14. The van der Waals surface area contributed by atoms with Gasteiger partial charge in [-0.3, -0.25) is 9.78 Å². The largest absolute Gasteiger partial charge is 0.488 e. The van der Waals surface area contributed by atoms with E-state index in [9.17, 15) is 9.90 Å². The number of nitrogens with zero attached hydrogens (tertiary/aromatic N) is 2. The fourth-order valence-corrected chi connectivity index (χ4v) is 5.88. The average molecular weight is 606 g/mol. The lowest BCUT2D eigenvalue weighted by Crippen LogP contribution is -2.37. The van der Waals surface area contributed by atoms with E-state index in [1.165, 1.54) is 5.06 Å². The zero-order valence-electron chi connectivity index (χ0n) is 26.0. The van der Waals surface area contributed by atoms with Gasteiger partial charge in [-0.15, -0.1) is 5.06 Å². The molecule has 0 radical (unpaired) electrons. The van der Waals surface area contributed by atoms with Gasteiger partial charge in [-0.25, -0.2) is 0 Å². The molecule has 0 bridgehead atoms. The van der Waals surface area contributed by atoms with E-state index >= 15 is 0 Å². The van der Waals surface area contributed by atoms with Crippen LogP contribution in [0.2, 0.25) is 0 Å². The SMILES string of the molecule is CCN1OC(c2cc(C(C)C)c(OCc3ccccc3)cc2OCc2ccccc2)=C(c2cnc3c(c2)CNCC3)C1C(=O)O. The first-order chi connectivity index (χ1) is 21.9. The number of aliphatic carboxylic acids is 1. The van der Waals surface area contributed by atoms with Crippen molar-refractivity contribution in [3.8, 4) is 11.5 Å². The number of hydrogen-bond acceptors (Lipinski definition) is 7. The third kappa shape index (κ3) is 6.57. The molecule has 3 aromatic carbocycles. The summed E-state index contributed by atoms with van der Waals surface area (Å²) in [5, 5.41) is 15.4. The molecular weight excluding hydrogens is 566 g/mol. The molecule has 0 spiro atoms. The number of benzene rings is 3. The minimum absolute atomic E-state index is 0.109. The van der Waals surface area contributed by atoms with Gasteiger partial charge >= 0.3 is 5.97 Å². The van der Waals surface area contributed by atoms with E-state index in [2.05, 4.69) is 19.2 Å². The summed E-state index contributed by atoms with van der Waals surface area (Å²) in [7, 11) is 0. The van der Waals surface area contributed by atoms with Crippen molar-refractivity contribution < 1.29 is 24.2 Å². The predicted octanol–water partition coefficient (Wildman–Crippen LogP) is 6.60. The number of fused-ring (bicyclic) bond motifs is 1. The first kappa shape index (κ1) is 30.4. The fourth-order valence-electron chi connectivity index (χ4n) is 5.88. The van der Waals surface area contributed by atoms with Gasteiger partial charge in [0.2, 0.25) is 0 Å². The quantitative estimate of drug-likeness (QED) is 0.198. The number of ether oxygens (including phenoxy) is 2. The Morgan fingerprint density at radius 2 is 1.67 bits per heavy atom. The maximum atomic E-state index is 12.8. The molecule has 3 heterocycles. The molecule has 6 rings (SSSR count). The maximum Gasteiger partial charge on any atom is 0.329 e. The van der Waals surface area contributed by atoms with Gasteiger partial charge in [0.05, 0.1) is 5.56 Å². The maximum absolute atomic E-state index is 12.8. The summed E-state index contributed by atoms with van der Waals surface area (Å²) >= 11 is 0. The van der Waals surface area contributed by atoms with E-state index < -0.39 is 12.0 Å². The van der Waals surface area contributed by atoms with E-state index in [0.29, 0.717) is 54.7 Å². The van der Waals surface area contributed by atoms with Gasteiger partial charge in [0.1, 0.15) is 24.7 Å². The second-order valence-electron chi connectivity index (χ2n) is 11.7. The van der Waals surface area contributed by atoms with Gasteiger partial charge in [-0.05, 0) is 47.2 Å². The van der Waals surface area contributed by atoms with Crippen molar-refractivity contribution in [2.24, 2.45) is 0 Å². The Labute approximate surface area is 264 Å². The van der Waals surface area contributed by atoms with Crippen LogP contribution in [-0.2, 0) is 35.8 Å². The summed E-state index contributed by atoms with van der Waals surface area (Å²) in [6, 6.07) is 25.0. The van der Waals surface area contributed by atoms with Crippen molar-refractivity contribution in [2.75, 3.05) is 13.1 Å². The van der Waals surface area contributed by atoms with Crippen molar-refractivity contribution in [2.45, 2.75) is 58.9 Å². The molecule has 0 fully saturated rings. The first-order valence-electron chi connectivity index (χ1n) is 15.5. The Hall–Kier alpha value is -4.66. The number of likely N-dealkylation sites (N-methyl/N-ethyl adjacent to an activating group) is 1. The fraction of sp³-hybridized carbons (Fsp3) is 0.297. The molecule has 1 atom stereocenters. The van der Waals surface area contributed by atoms with Crippen LogP contribution in [-0.4, -0.2) is 40.3 Å². The summed E-state index contributed by atoms with van der Waals surface area (Å²) in [6.45, 7) is 8.77. The number of carbonyl (C=O) groups is 1. The van der Waals surface area contributed by atoms with E-state index in [0.717, 1.165) is 46.5 Å². The van der Waals surface area contributed by atoms with Crippen LogP contribution in [0.5, 0.6) is 11.5 Å². The van der Waals surface area contributed by atoms with Crippen LogP contribution < -0.4 is 14.8 Å². The normalized spacial score (nSPS) is 16.4. The summed E-state index contributed by atoms with van der Waals surface area (Å²) in [5.41, 5.74) is 7.10. The van der Waals surface area contributed by atoms with Gasteiger partial charge in [0.25, 0.3) is 0 Å². The van der Waals surface area contributed by atoms with Crippen LogP contribution in [0, 0.1) is 0 Å². The van der Waals surface area contributed by atoms with Gasteiger partial charge in [-0.2, -0.15) is 0 Å². The van der Waals surface area contributed by atoms with Gasteiger partial charge in [0.15, 0.2) is 11.8 Å². The molecule has 0 amide bonds. The molecular formula is C37H39N3O5. The van der Waals surface area contributed by atoms with Crippen LogP contribution in [0.4, 0.5) is 0 Å². The zero-order chi connectivity index (χ0) is 31.3. The molecule has 0 saturated carbocycles. The molecule has 8 nitrogen and oxygen atoms in total. The minimum atomic E-state index is -1.01. The monoisotopic (exact) mass is 605 g/mol. The number of hydrogen-bond donors (Lipinski definition) is 2. The van der Waals surface area contributed by atoms with Crippen LogP contribution in [0.3, 0.4) is 0 Å². The van der Waals surface area contributed by atoms with E-state index in [1.807, 2.05) is 85.8 Å². The number of rotatable bonds is 11. The lowest BCUT2D eigenvalue weighted by molar-refractivity contribution is -0.154. The highest BCUT2D eigenvalue weighted by molar-refractivity contribution is 6.02. The summed E-state index contributed by atoms with van der Waals surface area (Å²) in [4.78, 5) is 24.0. The molecule has 8 heteroatoms. The number of aromatic nitrogens is 1. The van der Waals surface area contributed by atoms with Crippen molar-refractivity contribution in [1.29, 1.82) is 0 Å². The van der Waals surface area contributed by atoms with Crippen LogP contribution in [0.1, 0.15) is 65.8 Å². The van der Waals surface area contributed by atoms with Crippen molar-refractivity contribution in [3.05, 3.63) is 124 Å². The highest BCUT2D eigenvalue weighted by Gasteiger charge is 2.42. The number of carboxylic acid groups (broad SMARTS) is 1. The molecule has 1 aromatic heterocycles. The lowest BCUT2D eigenvalue weighted by atomic mass is 9.91. The molecule has 232 valence electrons. The van der Waals surface area contributed by atoms with Crippen molar-refractivity contribution in [1.82, 2.24) is 15.4 Å². The molecule has 0 aliphatic carbocycles. The topological polar surface area (TPSA) is 93.2 Å². The molecule has 45 heavy (non-hydrogen) atoms. The van der Waals surface area contributed by atoms with Crippen LogP contribution in [0.15, 0.2) is 85.1 Å². The smallest absolute Gasteiger partial charge is 0.329 e. The number of pyridine rings is 1. The highest BCUT2D eigenvalue weighted by atomic mass is 16.7. The second-order valence-corrected chi connectivity index (χ2v) is 11.7. The van der Waals surface area contributed by atoms with Gasteiger partial charge in [0, 0.05) is 55.1 Å². The Morgan fingerprint density at radius 3 is 2.29 bits per heavy atom. The van der Waals surface area contributed by atoms with Crippen molar-refractivity contribution in [3.63, 3.8) is 0 Å². The van der Waals surface area contributed by atoms with Crippen molar-refractivity contribution >= 4 is 17.3 Å². The third-order valence-electron chi connectivity index (χ3n) is 8.24. The summed E-state index contributed by atoms with van der Waals surface area (Å²) < 4.78 is 12.9. The van der Waals surface area contributed by atoms with E-state index in [-0.39, 0.29) is 5.92 Å². The van der Waals surface area contributed by atoms with Crippen LogP contribution >= 0.6 is 0 Å². The lowest BCUT2D eigenvalue weighted by Gasteiger charge is -2.21. The second kappa shape index (κ2) is 13.5. The summed E-state index contributed by atoms with van der Waals surface area (Å²) in [5.74, 6) is 0.834. The Bertz CT molecular complexity index is 1690. The van der Waals surface area contributed by atoms with Crippen LogP contribution in [0.25, 0.3) is 11.3 Å². The van der Waals surface area contributed by atoms with E-state index in [1.54, 1.807) is 6.20 Å². The third-order valence-corrected chi connectivity index (χ3v) is 8.24. The predicted molar refractivity (Wildman–Crippen MR) is 173 cm³/mol. The molecule has 1 unspecified atom stereocenters. The first-order valence-corrected chi connectivity index (χ1v) is 15.5. The minimum Gasteiger partial charge on any atom is -0.488 e. The summed E-state index contributed by atoms with van der Waals surface area (Å²) in [6.07, 6.45) is 2.62. The average Bonchev–Trinajstić information content (AvgIpc) is 3.47. The number of nitrogens with one attached hydrogen (secondary N) is 1. The molecule has 0 saturated heterocycles. The molecule has 2 N–H and O–H groups in total. The Morgan fingerprint density at radius 1 is 1.00 bits per heavy atom. The molecule has 2 aliphatic heterocycles. The zero-order valence-corrected chi connectivity index (χ0v) is 26.0. The number of carboxylic acids is 1. The number of hydroxylamine groups is 2. The van der Waals surface area contributed by atoms with Gasteiger partial charge < -0.3 is 24.7 Å².